The summed E-state index contributed by atoms with van der Waals surface area (Å²) in [7, 11) is 0.190. The summed E-state index contributed by atoms with van der Waals surface area (Å²) < 4.78 is 9.38. The van der Waals surface area contributed by atoms with E-state index in [9.17, 15) is 4.79 Å². The van der Waals surface area contributed by atoms with Crippen LogP contribution in [0.15, 0.2) is 54.6 Å². The number of carbonyl (C=O) groups is 1. The average Bonchev–Trinajstić information content (AvgIpc) is 3.06. The molecule has 34 heavy (non-hydrogen) atoms. The van der Waals surface area contributed by atoms with Gasteiger partial charge in [0.05, 0.1) is 18.1 Å². The van der Waals surface area contributed by atoms with Crippen molar-refractivity contribution >= 4 is 25.5 Å². The molecule has 3 aromatic rings. The van der Waals surface area contributed by atoms with Crippen LogP contribution in [0.3, 0.4) is 0 Å². The van der Waals surface area contributed by atoms with Gasteiger partial charge in [0.1, 0.15) is 6.29 Å². The van der Waals surface area contributed by atoms with E-state index in [1.165, 1.54) is 34.0 Å². The average molecular weight is 475 g/mol. The van der Waals surface area contributed by atoms with Gasteiger partial charge >= 0.3 is 0 Å². The predicted molar refractivity (Wildman–Crippen MR) is 141 cm³/mol. The Morgan fingerprint density at radius 2 is 1.74 bits per heavy atom. The molecule has 5 heteroatoms. The zero-order chi connectivity index (χ0) is 24.3. The Bertz CT molecular complexity index is 1190. The first-order valence-corrected chi connectivity index (χ1v) is 15.5. The van der Waals surface area contributed by atoms with Crippen molar-refractivity contribution < 1.29 is 9.22 Å². The largest absolute Gasteiger partial charge is 0.413 e. The molecule has 0 unspecified atom stereocenters. The molecule has 0 amide bonds. The minimum absolute atomic E-state index is 0.0356. The van der Waals surface area contributed by atoms with Crippen molar-refractivity contribution in [2.24, 2.45) is 13.0 Å². The van der Waals surface area contributed by atoms with Crippen LogP contribution in [0.5, 0.6) is 0 Å². The van der Waals surface area contributed by atoms with Crippen LogP contribution in [-0.4, -0.2) is 36.2 Å². The standard InChI is InChI=1S/C29H38N2O2Si/c1-29(2,3)34(5,6)33-27-17-26-28-22(21-14-10-11-15-24(21)30(28)4)16-25(23(27)19-32)31(26)18-20-12-8-7-9-13-20/h7-15,19,23,25-27H,16-18H2,1-6H3/t23-,25+,26+,27-/m1/s1. The molecule has 5 rings (SSSR count). The maximum atomic E-state index is 12.7. The van der Waals surface area contributed by atoms with Crippen LogP contribution in [0.25, 0.3) is 10.9 Å². The lowest BCUT2D eigenvalue weighted by Gasteiger charge is -2.53. The normalized spacial score (nSPS) is 25.4. The van der Waals surface area contributed by atoms with E-state index in [-0.39, 0.29) is 29.1 Å². The van der Waals surface area contributed by atoms with Gasteiger partial charge in [-0.2, -0.15) is 0 Å². The minimum Gasteiger partial charge on any atom is -0.413 e. The van der Waals surface area contributed by atoms with Crippen LogP contribution in [0.2, 0.25) is 18.1 Å². The van der Waals surface area contributed by atoms with Gasteiger partial charge in [0.25, 0.3) is 0 Å². The molecule has 2 aliphatic rings. The van der Waals surface area contributed by atoms with E-state index >= 15 is 0 Å². The molecule has 180 valence electrons. The van der Waals surface area contributed by atoms with Gasteiger partial charge in [0.15, 0.2) is 8.32 Å². The summed E-state index contributed by atoms with van der Waals surface area (Å²) in [6.07, 6.45) is 2.91. The summed E-state index contributed by atoms with van der Waals surface area (Å²) >= 11 is 0. The summed E-state index contributed by atoms with van der Waals surface area (Å²) in [5.74, 6) is -0.124. The highest BCUT2D eigenvalue weighted by atomic mass is 28.4. The van der Waals surface area contributed by atoms with E-state index < -0.39 is 8.32 Å². The summed E-state index contributed by atoms with van der Waals surface area (Å²) in [6.45, 7) is 12.3. The number of piperidine rings is 1. The molecule has 0 N–H and O–H groups in total. The fourth-order valence-electron chi connectivity index (χ4n) is 5.96. The number of aldehydes is 1. The highest BCUT2D eigenvalue weighted by Crippen LogP contribution is 2.49. The minimum atomic E-state index is -2.02. The number of para-hydroxylation sites is 1. The molecule has 4 atom stereocenters. The monoisotopic (exact) mass is 474 g/mol. The quantitative estimate of drug-likeness (QED) is 0.323. The Labute approximate surface area is 205 Å². The van der Waals surface area contributed by atoms with Gasteiger partial charge in [-0.25, -0.2) is 0 Å². The number of fused-ring (bicyclic) bond motifs is 6. The van der Waals surface area contributed by atoms with E-state index in [1.807, 2.05) is 0 Å². The second kappa shape index (κ2) is 8.47. The molecule has 1 aromatic heterocycles. The summed E-state index contributed by atoms with van der Waals surface area (Å²) in [6, 6.07) is 19.8. The van der Waals surface area contributed by atoms with Crippen LogP contribution in [0.4, 0.5) is 0 Å². The van der Waals surface area contributed by atoms with E-state index in [0.717, 1.165) is 19.4 Å². The highest BCUT2D eigenvalue weighted by Gasteiger charge is 2.51. The molecule has 0 aliphatic carbocycles. The molecule has 1 saturated heterocycles. The third-order valence-corrected chi connectivity index (χ3v) is 13.3. The second-order valence-electron chi connectivity index (χ2n) is 11.8. The van der Waals surface area contributed by atoms with Crippen LogP contribution in [0.1, 0.15) is 50.1 Å². The molecule has 3 heterocycles. The van der Waals surface area contributed by atoms with Crippen molar-refractivity contribution in [1.82, 2.24) is 9.47 Å². The van der Waals surface area contributed by atoms with Crippen molar-refractivity contribution in [2.45, 2.75) is 76.5 Å². The van der Waals surface area contributed by atoms with Crippen molar-refractivity contribution in [3.8, 4) is 0 Å². The number of benzene rings is 2. The van der Waals surface area contributed by atoms with Crippen LogP contribution in [0, 0.1) is 5.92 Å². The smallest absolute Gasteiger partial charge is 0.192 e. The van der Waals surface area contributed by atoms with Gasteiger partial charge in [0.2, 0.25) is 0 Å². The maximum absolute atomic E-state index is 12.7. The summed E-state index contributed by atoms with van der Waals surface area (Å²) in [4.78, 5) is 15.3. The molecule has 4 nitrogen and oxygen atoms in total. The Kier molecular flexibility index (Phi) is 5.86. The third-order valence-electron chi connectivity index (χ3n) is 8.76. The van der Waals surface area contributed by atoms with Gasteiger partial charge in [-0.05, 0) is 48.2 Å². The Hall–Kier alpha value is -2.21. The van der Waals surface area contributed by atoms with E-state index in [0.29, 0.717) is 0 Å². The van der Waals surface area contributed by atoms with Gasteiger partial charge in [-0.3, -0.25) is 4.90 Å². The van der Waals surface area contributed by atoms with Crippen molar-refractivity contribution in [2.75, 3.05) is 0 Å². The van der Waals surface area contributed by atoms with Crippen molar-refractivity contribution in [1.29, 1.82) is 0 Å². The Morgan fingerprint density at radius 3 is 2.41 bits per heavy atom. The van der Waals surface area contributed by atoms with E-state index in [1.54, 1.807) is 0 Å². The van der Waals surface area contributed by atoms with Crippen LogP contribution >= 0.6 is 0 Å². The van der Waals surface area contributed by atoms with E-state index in [4.69, 9.17) is 4.43 Å². The highest BCUT2D eigenvalue weighted by molar-refractivity contribution is 6.74. The lowest BCUT2D eigenvalue weighted by Crippen LogP contribution is -2.59. The van der Waals surface area contributed by atoms with Gasteiger partial charge in [0, 0.05) is 36.2 Å². The number of hydrogen-bond donors (Lipinski definition) is 0. The fourth-order valence-corrected chi connectivity index (χ4v) is 7.32. The first-order valence-electron chi connectivity index (χ1n) is 12.6. The molecule has 0 radical (unpaired) electrons. The summed E-state index contributed by atoms with van der Waals surface area (Å²) in [5, 5.41) is 1.45. The molecule has 0 saturated carbocycles. The van der Waals surface area contributed by atoms with Gasteiger partial charge < -0.3 is 13.8 Å². The molecule has 2 bridgehead atoms. The van der Waals surface area contributed by atoms with Gasteiger partial charge in [-0.1, -0.05) is 69.3 Å². The van der Waals surface area contributed by atoms with E-state index in [2.05, 4.69) is 105 Å². The number of hydrogen-bond acceptors (Lipinski definition) is 3. The fraction of sp³-hybridized carbons (Fsp3) is 0.483. The number of nitrogens with zero attached hydrogens (tertiary/aromatic N) is 2. The lowest BCUT2D eigenvalue weighted by molar-refractivity contribution is -0.124. The molecule has 0 spiro atoms. The molecule has 1 fully saturated rings. The van der Waals surface area contributed by atoms with Gasteiger partial charge in [-0.15, -0.1) is 0 Å². The first kappa shape index (κ1) is 23.5. The number of rotatable bonds is 5. The number of aromatic nitrogens is 1. The Balaban J connectivity index is 1.61. The SMILES string of the molecule is Cn1c2c(c3ccccc31)C[C@H]1[C@@H](C=O)[C@H](O[Si](C)(C)C(C)(C)C)C[C@@H]2N1Cc1ccccc1. The molecule has 2 aromatic carbocycles. The molecular weight excluding hydrogens is 436 g/mol. The zero-order valence-electron chi connectivity index (χ0n) is 21.4. The maximum Gasteiger partial charge on any atom is 0.192 e. The lowest BCUT2D eigenvalue weighted by atomic mass is 9.75. The summed E-state index contributed by atoms with van der Waals surface area (Å²) in [5.41, 5.74) is 5.41. The number of aryl methyl sites for hydroxylation is 1. The van der Waals surface area contributed by atoms with Crippen molar-refractivity contribution in [3.05, 3.63) is 71.4 Å². The number of carbonyl (C=O) groups excluding carboxylic acids is 1. The van der Waals surface area contributed by atoms with Crippen molar-refractivity contribution in [3.63, 3.8) is 0 Å². The van der Waals surface area contributed by atoms with Crippen LogP contribution < -0.4 is 0 Å². The van der Waals surface area contributed by atoms with Crippen LogP contribution in [-0.2, 0) is 29.2 Å². The zero-order valence-corrected chi connectivity index (χ0v) is 22.4. The second-order valence-corrected chi connectivity index (χ2v) is 16.5. The molecular formula is C29H38N2O2Si. The topological polar surface area (TPSA) is 34.5 Å². The Morgan fingerprint density at radius 1 is 1.06 bits per heavy atom. The predicted octanol–water partition coefficient (Wildman–Crippen LogP) is 6.26. The molecule has 2 aliphatic heterocycles. The first-order chi connectivity index (χ1) is 16.1. The third kappa shape index (κ3) is 3.78.